The van der Waals surface area contributed by atoms with Crippen LogP contribution in [0.4, 0.5) is 4.79 Å². The molecule has 0 radical (unpaired) electrons. The molecule has 0 heterocycles. The third-order valence-electron chi connectivity index (χ3n) is 3.62. The number of nitrogens with one attached hydrogen (secondary N) is 2. The van der Waals surface area contributed by atoms with Gasteiger partial charge in [0.25, 0.3) is 0 Å². The highest BCUT2D eigenvalue weighted by Gasteiger charge is 2.24. The molecule has 0 spiro atoms. The van der Waals surface area contributed by atoms with E-state index in [0.29, 0.717) is 12.8 Å². The molecule has 2 amide bonds. The van der Waals surface area contributed by atoms with Crippen molar-refractivity contribution in [3.8, 4) is 0 Å². The number of aldehydes is 1. The maximum Gasteiger partial charge on any atom is 0.408 e. The van der Waals surface area contributed by atoms with Gasteiger partial charge >= 0.3 is 6.09 Å². The highest BCUT2D eigenvalue weighted by atomic mass is 16.5. The maximum atomic E-state index is 12.4. The SMILES string of the molecule is CCC[C@@H](C=O)NC(=O)[C@H](CC(C)C)NC(=O)OCc1ccccc1. The van der Waals surface area contributed by atoms with Crippen LogP contribution in [0.25, 0.3) is 0 Å². The predicted octanol–water partition coefficient (Wildman–Crippen LogP) is 2.81. The van der Waals surface area contributed by atoms with Crippen LogP contribution < -0.4 is 10.6 Å². The first-order valence-electron chi connectivity index (χ1n) is 8.69. The predicted molar refractivity (Wildman–Crippen MR) is 95.9 cm³/mol. The summed E-state index contributed by atoms with van der Waals surface area (Å²) in [6.45, 7) is 5.99. The van der Waals surface area contributed by atoms with E-state index in [4.69, 9.17) is 4.74 Å². The average molecular weight is 348 g/mol. The Morgan fingerprint density at radius 1 is 1.16 bits per heavy atom. The van der Waals surface area contributed by atoms with E-state index in [-0.39, 0.29) is 18.4 Å². The number of carbonyl (C=O) groups excluding carboxylic acids is 3. The molecule has 138 valence electrons. The van der Waals surface area contributed by atoms with Crippen LogP contribution in [0.3, 0.4) is 0 Å². The fraction of sp³-hybridized carbons (Fsp3) is 0.526. The molecule has 6 nitrogen and oxygen atoms in total. The molecule has 0 bridgehead atoms. The van der Waals surface area contributed by atoms with Crippen molar-refractivity contribution in [3.05, 3.63) is 35.9 Å². The number of hydrogen-bond acceptors (Lipinski definition) is 4. The first-order chi connectivity index (χ1) is 12.0. The molecule has 0 aliphatic carbocycles. The lowest BCUT2D eigenvalue weighted by Gasteiger charge is -2.22. The van der Waals surface area contributed by atoms with Gasteiger partial charge in [-0.05, 0) is 24.3 Å². The molecule has 0 saturated carbocycles. The lowest BCUT2D eigenvalue weighted by molar-refractivity contribution is -0.126. The van der Waals surface area contributed by atoms with Crippen molar-refractivity contribution in [3.63, 3.8) is 0 Å². The number of benzene rings is 1. The second-order valence-electron chi connectivity index (χ2n) is 6.43. The van der Waals surface area contributed by atoms with Crippen LogP contribution in [0.2, 0.25) is 0 Å². The number of rotatable bonds is 10. The van der Waals surface area contributed by atoms with Crippen molar-refractivity contribution >= 4 is 18.3 Å². The summed E-state index contributed by atoms with van der Waals surface area (Å²) >= 11 is 0. The highest BCUT2D eigenvalue weighted by Crippen LogP contribution is 2.07. The van der Waals surface area contributed by atoms with Gasteiger partial charge in [-0.15, -0.1) is 0 Å². The quantitative estimate of drug-likeness (QED) is 0.637. The first-order valence-corrected chi connectivity index (χ1v) is 8.69. The third-order valence-corrected chi connectivity index (χ3v) is 3.62. The Hall–Kier alpha value is -2.37. The number of hydrogen-bond donors (Lipinski definition) is 2. The van der Waals surface area contributed by atoms with Crippen molar-refractivity contribution < 1.29 is 19.1 Å². The molecule has 0 aromatic heterocycles. The van der Waals surface area contributed by atoms with Gasteiger partial charge in [0.1, 0.15) is 18.9 Å². The second-order valence-corrected chi connectivity index (χ2v) is 6.43. The molecular formula is C19H28N2O4. The van der Waals surface area contributed by atoms with Crippen LogP contribution in [0.1, 0.15) is 45.6 Å². The summed E-state index contributed by atoms with van der Waals surface area (Å²) in [5, 5.41) is 5.28. The summed E-state index contributed by atoms with van der Waals surface area (Å²) in [4.78, 5) is 35.4. The minimum Gasteiger partial charge on any atom is -0.445 e. The molecule has 25 heavy (non-hydrogen) atoms. The van der Waals surface area contributed by atoms with Gasteiger partial charge in [-0.3, -0.25) is 4.79 Å². The van der Waals surface area contributed by atoms with Crippen LogP contribution in [-0.2, 0) is 20.9 Å². The summed E-state index contributed by atoms with van der Waals surface area (Å²) in [5.74, 6) is -0.165. The Balaban J connectivity index is 2.59. The molecule has 1 rings (SSSR count). The Bertz CT molecular complexity index is 546. The van der Waals surface area contributed by atoms with E-state index in [1.807, 2.05) is 51.1 Å². The van der Waals surface area contributed by atoms with E-state index in [9.17, 15) is 14.4 Å². The van der Waals surface area contributed by atoms with E-state index in [0.717, 1.165) is 18.3 Å². The number of carbonyl (C=O) groups is 3. The summed E-state index contributed by atoms with van der Waals surface area (Å²) in [7, 11) is 0. The van der Waals surface area contributed by atoms with Crippen molar-refractivity contribution in [1.29, 1.82) is 0 Å². The molecule has 0 unspecified atom stereocenters. The molecule has 6 heteroatoms. The van der Waals surface area contributed by atoms with Gasteiger partial charge in [-0.25, -0.2) is 4.79 Å². The zero-order valence-electron chi connectivity index (χ0n) is 15.2. The van der Waals surface area contributed by atoms with Crippen LogP contribution in [0.5, 0.6) is 0 Å². The molecule has 2 atom stereocenters. The summed E-state index contributed by atoms with van der Waals surface area (Å²) < 4.78 is 5.17. The van der Waals surface area contributed by atoms with E-state index in [2.05, 4.69) is 10.6 Å². The zero-order valence-corrected chi connectivity index (χ0v) is 15.2. The average Bonchev–Trinajstić information content (AvgIpc) is 2.59. The highest BCUT2D eigenvalue weighted by molar-refractivity contribution is 5.87. The zero-order chi connectivity index (χ0) is 18.7. The van der Waals surface area contributed by atoms with Gasteiger partial charge in [0.05, 0.1) is 6.04 Å². The Kier molecular flexibility index (Phi) is 9.29. The van der Waals surface area contributed by atoms with Gasteiger partial charge in [0.2, 0.25) is 5.91 Å². The summed E-state index contributed by atoms with van der Waals surface area (Å²) in [6.07, 6.45) is 1.89. The topological polar surface area (TPSA) is 84.5 Å². The van der Waals surface area contributed by atoms with Crippen LogP contribution in [0, 0.1) is 5.92 Å². The summed E-state index contributed by atoms with van der Waals surface area (Å²) in [5.41, 5.74) is 0.867. The molecule has 1 aromatic rings. The number of ether oxygens (including phenoxy) is 1. The molecule has 1 aromatic carbocycles. The van der Waals surface area contributed by atoms with Crippen LogP contribution in [-0.4, -0.2) is 30.4 Å². The van der Waals surface area contributed by atoms with E-state index < -0.39 is 18.2 Å². The first kappa shape index (κ1) is 20.7. The Labute approximate surface area is 149 Å². The molecule has 0 aliphatic rings. The summed E-state index contributed by atoms with van der Waals surface area (Å²) in [6, 6.07) is 8.04. The van der Waals surface area contributed by atoms with Crippen molar-refractivity contribution in [2.75, 3.05) is 0 Å². The van der Waals surface area contributed by atoms with Crippen molar-refractivity contribution in [1.82, 2.24) is 10.6 Å². The van der Waals surface area contributed by atoms with E-state index >= 15 is 0 Å². The van der Waals surface area contributed by atoms with Crippen molar-refractivity contribution in [2.24, 2.45) is 5.92 Å². The fourth-order valence-electron chi connectivity index (χ4n) is 2.38. The normalized spacial score (nSPS) is 13.0. The number of amides is 2. The Morgan fingerprint density at radius 2 is 1.84 bits per heavy atom. The molecule has 0 saturated heterocycles. The lowest BCUT2D eigenvalue weighted by atomic mass is 10.0. The van der Waals surface area contributed by atoms with E-state index in [1.54, 1.807) is 0 Å². The third kappa shape index (κ3) is 8.33. The minimum atomic E-state index is -0.734. The maximum absolute atomic E-state index is 12.4. The largest absolute Gasteiger partial charge is 0.445 e. The van der Waals surface area contributed by atoms with Crippen LogP contribution in [0.15, 0.2) is 30.3 Å². The molecule has 2 N–H and O–H groups in total. The van der Waals surface area contributed by atoms with E-state index in [1.165, 1.54) is 0 Å². The van der Waals surface area contributed by atoms with Gasteiger partial charge in [-0.1, -0.05) is 57.5 Å². The van der Waals surface area contributed by atoms with Gasteiger partial charge in [0.15, 0.2) is 0 Å². The van der Waals surface area contributed by atoms with Crippen LogP contribution >= 0.6 is 0 Å². The molecule has 0 aliphatic heterocycles. The van der Waals surface area contributed by atoms with Gasteiger partial charge in [-0.2, -0.15) is 0 Å². The minimum absolute atomic E-state index is 0.134. The Morgan fingerprint density at radius 3 is 2.40 bits per heavy atom. The van der Waals surface area contributed by atoms with Crippen molar-refractivity contribution in [2.45, 2.75) is 58.7 Å². The monoisotopic (exact) mass is 348 g/mol. The standard InChI is InChI=1S/C19H28N2O4/c1-4-8-16(12-22)20-18(23)17(11-14(2)3)21-19(24)25-13-15-9-6-5-7-10-15/h5-7,9-10,12,14,16-17H,4,8,11,13H2,1-3H3,(H,20,23)(H,21,24)/t16-,17-/m0/s1. The lowest BCUT2D eigenvalue weighted by Crippen LogP contribution is -2.50. The second kappa shape index (κ2) is 11.2. The fourth-order valence-corrected chi connectivity index (χ4v) is 2.38. The molecular weight excluding hydrogens is 320 g/mol. The van der Waals surface area contributed by atoms with Gasteiger partial charge < -0.3 is 20.2 Å². The van der Waals surface area contributed by atoms with Gasteiger partial charge in [0, 0.05) is 0 Å². The number of alkyl carbamates (subject to hydrolysis) is 1. The smallest absolute Gasteiger partial charge is 0.408 e. The molecule has 0 fully saturated rings.